The van der Waals surface area contributed by atoms with Crippen molar-refractivity contribution in [3.8, 4) is 0 Å². The molecule has 0 N–H and O–H groups in total. The van der Waals surface area contributed by atoms with E-state index in [9.17, 15) is 4.79 Å². The largest absolute Gasteiger partial charge is 0.284 e. The zero-order valence-electron chi connectivity index (χ0n) is 17.1. The summed E-state index contributed by atoms with van der Waals surface area (Å²) < 4.78 is 0. The van der Waals surface area contributed by atoms with E-state index < -0.39 is 0 Å². The molecule has 0 aromatic heterocycles. The van der Waals surface area contributed by atoms with Crippen LogP contribution in [-0.4, -0.2) is 27.4 Å². The molecule has 1 aliphatic rings. The van der Waals surface area contributed by atoms with E-state index in [1.54, 1.807) is 11.1 Å². The first-order valence-electron chi connectivity index (χ1n) is 10.4. The number of carbonyl (C=O) groups is 1. The third-order valence-electron chi connectivity index (χ3n) is 5.20. The molecular weight excluding hydrogens is 390 g/mol. The van der Waals surface area contributed by atoms with Crippen LogP contribution in [0, 0.1) is 0 Å². The second-order valence-electron chi connectivity index (χ2n) is 7.35. The van der Waals surface area contributed by atoms with Crippen molar-refractivity contribution < 1.29 is 4.79 Å². The molecule has 152 valence electrons. The first kappa shape index (κ1) is 20.4. The van der Waals surface area contributed by atoms with Gasteiger partial charge in [-0.15, -0.1) is 5.10 Å². The molecule has 1 heterocycles. The van der Waals surface area contributed by atoms with E-state index in [0.717, 1.165) is 30.4 Å². The van der Waals surface area contributed by atoms with Crippen molar-refractivity contribution in [3.05, 3.63) is 83.9 Å². The van der Waals surface area contributed by atoms with Crippen LogP contribution in [0.15, 0.2) is 83.0 Å². The van der Waals surface area contributed by atoms with Gasteiger partial charge in [-0.3, -0.25) is 9.69 Å². The van der Waals surface area contributed by atoms with E-state index in [-0.39, 0.29) is 11.2 Å². The molecule has 3 aromatic carbocycles. The highest BCUT2D eigenvalue weighted by Crippen LogP contribution is 2.33. The summed E-state index contributed by atoms with van der Waals surface area (Å²) >= 11 is 1.54. The van der Waals surface area contributed by atoms with Gasteiger partial charge in [0.05, 0.1) is 18.0 Å². The minimum absolute atomic E-state index is 0.0781. The molecule has 1 saturated heterocycles. The van der Waals surface area contributed by atoms with Gasteiger partial charge in [-0.1, -0.05) is 104 Å². The Balaban J connectivity index is 1.62. The minimum Gasteiger partial charge on any atom is -0.284 e. The minimum atomic E-state index is -0.0781. The van der Waals surface area contributed by atoms with Gasteiger partial charge >= 0.3 is 0 Å². The molecule has 0 unspecified atom stereocenters. The Morgan fingerprint density at radius 3 is 2.60 bits per heavy atom. The topological polar surface area (TPSA) is 45.0 Å². The molecule has 0 saturated carbocycles. The van der Waals surface area contributed by atoms with Crippen LogP contribution < -0.4 is 0 Å². The zero-order chi connectivity index (χ0) is 20.8. The number of hydrogen-bond acceptors (Lipinski definition) is 4. The van der Waals surface area contributed by atoms with Gasteiger partial charge in [-0.05, 0) is 28.3 Å². The third kappa shape index (κ3) is 4.62. The van der Waals surface area contributed by atoms with Gasteiger partial charge in [0.1, 0.15) is 0 Å². The van der Waals surface area contributed by atoms with Crippen LogP contribution in [0.4, 0.5) is 0 Å². The lowest BCUT2D eigenvalue weighted by atomic mass is 10.0. The van der Waals surface area contributed by atoms with Crippen molar-refractivity contribution in [2.24, 2.45) is 10.2 Å². The average molecular weight is 416 g/mol. The predicted molar refractivity (Wildman–Crippen MR) is 127 cm³/mol. The Labute approximate surface area is 181 Å². The number of nitrogens with zero attached hydrogens (tertiary/aromatic N) is 3. The van der Waals surface area contributed by atoms with Crippen LogP contribution in [0.1, 0.15) is 37.3 Å². The molecule has 5 heteroatoms. The summed E-state index contributed by atoms with van der Waals surface area (Å²) in [5.41, 5.74) is 2.11. The fraction of sp³-hybridized carbons (Fsp3) is 0.240. The van der Waals surface area contributed by atoms with Crippen LogP contribution in [0.5, 0.6) is 0 Å². The maximum Gasteiger partial charge on any atom is 0.242 e. The summed E-state index contributed by atoms with van der Waals surface area (Å²) in [6.45, 7) is 2.66. The number of benzene rings is 3. The van der Waals surface area contributed by atoms with Crippen molar-refractivity contribution in [1.82, 2.24) is 4.90 Å². The van der Waals surface area contributed by atoms with Crippen molar-refractivity contribution in [2.75, 3.05) is 0 Å². The van der Waals surface area contributed by atoms with E-state index in [1.807, 2.05) is 48.5 Å². The van der Waals surface area contributed by atoms with Crippen LogP contribution in [0.25, 0.3) is 10.8 Å². The van der Waals surface area contributed by atoms with Crippen molar-refractivity contribution in [3.63, 3.8) is 0 Å². The summed E-state index contributed by atoms with van der Waals surface area (Å²) in [6, 6.07) is 24.4. The van der Waals surface area contributed by atoms with Gasteiger partial charge in [-0.25, -0.2) is 0 Å². The molecule has 3 aromatic rings. The molecule has 0 radical (unpaired) electrons. The molecule has 4 rings (SSSR count). The molecule has 1 fully saturated rings. The van der Waals surface area contributed by atoms with Crippen molar-refractivity contribution >= 4 is 39.8 Å². The van der Waals surface area contributed by atoms with E-state index in [4.69, 9.17) is 0 Å². The fourth-order valence-electron chi connectivity index (χ4n) is 3.59. The molecule has 0 spiro atoms. The third-order valence-corrected chi connectivity index (χ3v) is 6.43. The number of unbranched alkanes of at least 4 members (excludes halogenated alkanes) is 1. The lowest BCUT2D eigenvalue weighted by molar-refractivity contribution is -0.126. The summed E-state index contributed by atoms with van der Waals surface area (Å²) in [7, 11) is 0. The van der Waals surface area contributed by atoms with Gasteiger partial charge in [0.2, 0.25) is 5.91 Å². The van der Waals surface area contributed by atoms with E-state index in [0.29, 0.717) is 11.7 Å². The summed E-state index contributed by atoms with van der Waals surface area (Å²) in [5.74, 6) is 0.134. The smallest absolute Gasteiger partial charge is 0.242 e. The number of thioether (sulfide) groups is 1. The van der Waals surface area contributed by atoms with Gasteiger partial charge in [-0.2, -0.15) is 5.10 Å². The number of carbonyl (C=O) groups excluding carboxylic acids is 1. The Bertz CT molecular complexity index is 1070. The summed E-state index contributed by atoms with van der Waals surface area (Å²) in [6.07, 6.45) is 4.71. The normalized spacial score (nSPS) is 18.2. The molecule has 1 amide bonds. The Morgan fingerprint density at radius 1 is 1.00 bits per heavy atom. The van der Waals surface area contributed by atoms with Gasteiger partial charge < -0.3 is 0 Å². The molecule has 0 bridgehead atoms. The first-order chi connectivity index (χ1) is 14.8. The standard InChI is InChI=1S/C25H25N3OS/c1-2-3-16-23-24(29)28(18-21-14-9-13-20-12-7-8-15-22(20)21)25(30-23)27-26-17-19-10-5-4-6-11-19/h4-15,17,23H,2-3,16,18H2,1H3/b26-17-,27-25+/t23-/m0/s1. The van der Waals surface area contributed by atoms with Crippen LogP contribution in [0.2, 0.25) is 0 Å². The summed E-state index contributed by atoms with van der Waals surface area (Å²) in [4.78, 5) is 15.0. The molecule has 4 nitrogen and oxygen atoms in total. The predicted octanol–water partition coefficient (Wildman–Crippen LogP) is 5.86. The number of amidine groups is 1. The highest BCUT2D eigenvalue weighted by atomic mass is 32.2. The molecule has 1 aliphatic heterocycles. The highest BCUT2D eigenvalue weighted by molar-refractivity contribution is 8.15. The Hall–Kier alpha value is -2.92. The maximum atomic E-state index is 13.2. The number of rotatable bonds is 7. The van der Waals surface area contributed by atoms with Crippen LogP contribution in [-0.2, 0) is 11.3 Å². The molecular formula is C25H25N3OS. The number of amides is 1. The molecule has 30 heavy (non-hydrogen) atoms. The molecule has 1 atom stereocenters. The van der Waals surface area contributed by atoms with E-state index in [1.165, 1.54) is 22.5 Å². The quantitative estimate of drug-likeness (QED) is 0.358. The van der Waals surface area contributed by atoms with Crippen molar-refractivity contribution in [2.45, 2.75) is 38.0 Å². The fourth-order valence-corrected chi connectivity index (χ4v) is 4.73. The maximum absolute atomic E-state index is 13.2. The van der Waals surface area contributed by atoms with Crippen LogP contribution in [0.3, 0.4) is 0 Å². The SMILES string of the molecule is CCCC[C@@H]1S/C(=N/N=C\c2ccccc2)N(Cc2cccc3ccccc23)C1=O. The lowest BCUT2D eigenvalue weighted by Gasteiger charge is -2.17. The number of hydrogen-bond donors (Lipinski definition) is 0. The Morgan fingerprint density at radius 2 is 1.77 bits per heavy atom. The van der Waals surface area contributed by atoms with Gasteiger partial charge in [0.25, 0.3) is 0 Å². The zero-order valence-corrected chi connectivity index (χ0v) is 17.9. The van der Waals surface area contributed by atoms with E-state index in [2.05, 4.69) is 41.4 Å². The Kier molecular flexibility index (Phi) is 6.60. The van der Waals surface area contributed by atoms with Gasteiger partial charge in [0.15, 0.2) is 5.17 Å². The highest BCUT2D eigenvalue weighted by Gasteiger charge is 2.37. The lowest BCUT2D eigenvalue weighted by Crippen LogP contribution is -2.31. The van der Waals surface area contributed by atoms with Gasteiger partial charge in [0, 0.05) is 0 Å². The number of fused-ring (bicyclic) bond motifs is 1. The van der Waals surface area contributed by atoms with Crippen molar-refractivity contribution in [1.29, 1.82) is 0 Å². The van der Waals surface area contributed by atoms with E-state index >= 15 is 0 Å². The second-order valence-corrected chi connectivity index (χ2v) is 8.52. The summed E-state index contributed by atoms with van der Waals surface area (Å²) in [5, 5.41) is 11.7. The second kappa shape index (κ2) is 9.72. The average Bonchev–Trinajstić information content (AvgIpc) is 3.08. The monoisotopic (exact) mass is 415 g/mol. The van der Waals surface area contributed by atoms with Crippen LogP contribution >= 0.6 is 11.8 Å². The molecule has 0 aliphatic carbocycles. The first-order valence-corrected chi connectivity index (χ1v) is 11.2.